The first-order chi connectivity index (χ1) is 5.21. The van der Waals surface area contributed by atoms with Crippen LogP contribution in [0.2, 0.25) is 19.1 Å². The minimum atomic E-state index is -4.31. The Balaban J connectivity index is 3.41. The molecule has 0 atom stereocenters. The van der Waals surface area contributed by atoms with E-state index in [1.54, 1.807) is 13.1 Å². The monoisotopic (exact) mass is 214 g/mol. The highest BCUT2D eigenvalue weighted by molar-refractivity contribution is 7.46. The van der Waals surface area contributed by atoms with Gasteiger partial charge in [-0.1, -0.05) is 0 Å². The van der Waals surface area contributed by atoms with E-state index in [0.29, 0.717) is 12.5 Å². The fraction of sp³-hybridized carbons (Fsp3) is 1.00. The first kappa shape index (κ1) is 12.3. The summed E-state index contributed by atoms with van der Waals surface area (Å²) in [6, 6.07) is 0.590. The Morgan fingerprint density at radius 2 is 1.92 bits per heavy atom. The van der Waals surface area contributed by atoms with Crippen LogP contribution in [0.1, 0.15) is 6.42 Å². The molecule has 0 amide bonds. The van der Waals surface area contributed by atoms with Crippen LogP contribution in [0.5, 0.6) is 0 Å². The van der Waals surface area contributed by atoms with Crippen molar-refractivity contribution < 1.29 is 23.7 Å². The van der Waals surface area contributed by atoms with Gasteiger partial charge in [0.25, 0.3) is 0 Å². The van der Waals surface area contributed by atoms with E-state index in [2.05, 4.69) is 4.52 Å². The van der Waals surface area contributed by atoms with Gasteiger partial charge in [0, 0.05) is 0 Å². The zero-order valence-electron chi connectivity index (χ0n) is 7.23. The Bertz CT molecular complexity index is 171. The van der Waals surface area contributed by atoms with Gasteiger partial charge in [0.2, 0.25) is 0 Å². The Labute approximate surface area is 72.7 Å². The van der Waals surface area contributed by atoms with E-state index in [0.717, 1.165) is 0 Å². The molecule has 0 bridgehead atoms. The molecule has 0 radical (unpaired) electrons. The lowest BCUT2D eigenvalue weighted by Crippen LogP contribution is -2.24. The van der Waals surface area contributed by atoms with Crippen molar-refractivity contribution >= 4 is 16.1 Å². The summed E-state index contributed by atoms with van der Waals surface area (Å²) in [7, 11) is -6.40. The average molecular weight is 214 g/mol. The van der Waals surface area contributed by atoms with Gasteiger partial charge in [-0.05, 0) is 25.6 Å². The van der Waals surface area contributed by atoms with Crippen molar-refractivity contribution in [1.82, 2.24) is 0 Å². The lowest BCUT2D eigenvalue weighted by Gasteiger charge is -2.13. The minimum Gasteiger partial charge on any atom is -0.432 e. The summed E-state index contributed by atoms with van der Waals surface area (Å²) in [6.07, 6.45) is 0.487. The second-order valence-corrected chi connectivity index (χ2v) is 8.60. The molecule has 0 rings (SSSR count). The van der Waals surface area contributed by atoms with E-state index in [1.807, 2.05) is 0 Å². The van der Waals surface area contributed by atoms with Crippen LogP contribution in [-0.2, 0) is 9.09 Å². The molecule has 0 aliphatic heterocycles. The normalized spacial score (nSPS) is 13.4. The average Bonchev–Trinajstić information content (AvgIpc) is 1.76. The molecule has 0 spiro atoms. The molecule has 7 heteroatoms. The summed E-state index contributed by atoms with van der Waals surface area (Å²) in [5.74, 6) is 0. The third kappa shape index (κ3) is 10.3. The molecule has 0 fully saturated rings. The lowest BCUT2D eigenvalue weighted by molar-refractivity contribution is 0.196. The van der Waals surface area contributed by atoms with Crippen LogP contribution < -0.4 is 0 Å². The predicted molar refractivity (Wildman–Crippen MR) is 47.1 cm³/mol. The van der Waals surface area contributed by atoms with E-state index < -0.39 is 16.1 Å². The number of rotatable bonds is 5. The smallest absolute Gasteiger partial charge is 0.432 e. The van der Waals surface area contributed by atoms with Gasteiger partial charge in [-0.25, -0.2) is 4.57 Å². The molecular formula is C5H15O5PSi. The topological polar surface area (TPSA) is 87.0 Å². The van der Waals surface area contributed by atoms with Crippen LogP contribution in [0.15, 0.2) is 0 Å². The number of phosphoric ester groups is 1. The van der Waals surface area contributed by atoms with Gasteiger partial charge in [0.1, 0.15) is 0 Å². The highest BCUT2D eigenvalue weighted by atomic mass is 31.2. The molecular weight excluding hydrogens is 199 g/mol. The first-order valence-electron chi connectivity index (χ1n) is 3.63. The molecule has 0 aliphatic rings. The van der Waals surface area contributed by atoms with Crippen molar-refractivity contribution in [2.24, 2.45) is 0 Å². The SMILES string of the molecule is C[Si](C)(O)CCCOP(=O)(O)O. The molecule has 0 saturated heterocycles. The van der Waals surface area contributed by atoms with Crippen molar-refractivity contribution in [3.8, 4) is 0 Å². The van der Waals surface area contributed by atoms with Crippen molar-refractivity contribution in [3.05, 3.63) is 0 Å². The Morgan fingerprint density at radius 1 is 1.42 bits per heavy atom. The van der Waals surface area contributed by atoms with Crippen LogP contribution in [0, 0.1) is 0 Å². The van der Waals surface area contributed by atoms with Crippen molar-refractivity contribution in [2.45, 2.75) is 25.6 Å². The fourth-order valence-electron chi connectivity index (χ4n) is 0.688. The van der Waals surface area contributed by atoms with E-state index >= 15 is 0 Å². The number of phosphoric acid groups is 1. The van der Waals surface area contributed by atoms with Gasteiger partial charge in [0.15, 0.2) is 8.32 Å². The van der Waals surface area contributed by atoms with Crippen molar-refractivity contribution in [3.63, 3.8) is 0 Å². The molecule has 0 aromatic carbocycles. The molecule has 0 unspecified atom stereocenters. The zero-order chi connectivity index (χ0) is 9.83. The van der Waals surface area contributed by atoms with Crippen molar-refractivity contribution in [2.75, 3.05) is 6.61 Å². The fourth-order valence-corrected chi connectivity index (χ4v) is 2.06. The van der Waals surface area contributed by atoms with E-state index in [4.69, 9.17) is 9.79 Å². The van der Waals surface area contributed by atoms with Crippen molar-refractivity contribution in [1.29, 1.82) is 0 Å². The van der Waals surface area contributed by atoms with Crippen LogP contribution in [0.3, 0.4) is 0 Å². The molecule has 0 heterocycles. The van der Waals surface area contributed by atoms with E-state index in [-0.39, 0.29) is 6.61 Å². The summed E-state index contributed by atoms with van der Waals surface area (Å²) in [6.45, 7) is 3.54. The summed E-state index contributed by atoms with van der Waals surface area (Å²) < 4.78 is 14.4. The molecule has 12 heavy (non-hydrogen) atoms. The number of hydrogen-bond donors (Lipinski definition) is 3. The standard InChI is InChI=1S/C5H15O5PSi/c1-12(2,9)5-3-4-10-11(6,7)8/h9H,3-5H2,1-2H3,(H2,6,7,8). The molecule has 0 aliphatic carbocycles. The molecule has 74 valence electrons. The molecule has 5 nitrogen and oxygen atoms in total. The summed E-state index contributed by atoms with van der Waals surface area (Å²) in [5.41, 5.74) is 0. The maximum Gasteiger partial charge on any atom is 0.469 e. The first-order valence-corrected chi connectivity index (χ1v) is 8.32. The van der Waals surface area contributed by atoms with Crippen LogP contribution in [0.4, 0.5) is 0 Å². The largest absolute Gasteiger partial charge is 0.469 e. The third-order valence-electron chi connectivity index (χ3n) is 1.19. The lowest BCUT2D eigenvalue weighted by atomic mass is 10.5. The predicted octanol–water partition coefficient (Wildman–Crippen LogP) is 0.683. The number of hydrogen-bond acceptors (Lipinski definition) is 3. The Kier molecular flexibility index (Phi) is 4.61. The highest BCUT2D eigenvalue weighted by Crippen LogP contribution is 2.35. The Hall–Kier alpha value is 0.287. The van der Waals surface area contributed by atoms with E-state index in [1.165, 1.54) is 0 Å². The quantitative estimate of drug-likeness (QED) is 0.356. The van der Waals surface area contributed by atoms with Crippen LogP contribution in [0.25, 0.3) is 0 Å². The molecule has 0 aromatic heterocycles. The second kappa shape index (κ2) is 4.50. The third-order valence-corrected chi connectivity index (χ3v) is 3.29. The van der Waals surface area contributed by atoms with Crippen LogP contribution in [-0.4, -0.2) is 29.5 Å². The summed E-state index contributed by atoms with van der Waals surface area (Å²) in [4.78, 5) is 25.9. The highest BCUT2D eigenvalue weighted by Gasteiger charge is 2.18. The van der Waals surface area contributed by atoms with Crippen LogP contribution >= 0.6 is 7.82 Å². The minimum absolute atomic E-state index is 0.00126. The van der Waals surface area contributed by atoms with E-state index in [9.17, 15) is 9.36 Å². The maximum atomic E-state index is 10.2. The van der Waals surface area contributed by atoms with Gasteiger partial charge in [-0.2, -0.15) is 0 Å². The molecule has 0 saturated carbocycles. The Morgan fingerprint density at radius 3 is 2.25 bits per heavy atom. The second-order valence-electron chi connectivity index (χ2n) is 3.24. The van der Waals surface area contributed by atoms with Gasteiger partial charge >= 0.3 is 7.82 Å². The van der Waals surface area contributed by atoms with Gasteiger partial charge < -0.3 is 14.6 Å². The van der Waals surface area contributed by atoms with Gasteiger partial charge in [0.05, 0.1) is 6.61 Å². The van der Waals surface area contributed by atoms with Gasteiger partial charge in [-0.15, -0.1) is 0 Å². The summed E-state index contributed by atoms with van der Waals surface area (Å²) in [5, 5.41) is 0. The molecule has 3 N–H and O–H groups in total. The zero-order valence-corrected chi connectivity index (χ0v) is 9.12. The molecule has 0 aromatic rings. The maximum absolute atomic E-state index is 10.2. The summed E-state index contributed by atoms with van der Waals surface area (Å²) >= 11 is 0. The van der Waals surface area contributed by atoms with Gasteiger partial charge in [-0.3, -0.25) is 4.52 Å².